The number of aromatic amines is 1. The lowest BCUT2D eigenvalue weighted by Crippen LogP contribution is -2.43. The van der Waals surface area contributed by atoms with Crippen molar-refractivity contribution in [3.8, 4) is 0 Å². The molecule has 0 unspecified atom stereocenters. The molecule has 1 saturated heterocycles. The van der Waals surface area contributed by atoms with E-state index in [2.05, 4.69) is 27.8 Å². The topological polar surface area (TPSA) is 77.2 Å². The van der Waals surface area contributed by atoms with Gasteiger partial charge in [0.15, 0.2) is 0 Å². The normalized spacial score (nSPS) is 16.7. The Kier molecular flexibility index (Phi) is 4.54. The van der Waals surface area contributed by atoms with Crippen molar-refractivity contribution in [2.24, 2.45) is 0 Å². The minimum absolute atomic E-state index is 0.0276. The van der Waals surface area contributed by atoms with E-state index in [1.165, 1.54) is 0 Å². The first kappa shape index (κ1) is 17.1. The van der Waals surface area contributed by atoms with Crippen LogP contribution in [0.3, 0.4) is 0 Å². The molecule has 3 amide bonds. The summed E-state index contributed by atoms with van der Waals surface area (Å²) in [6, 6.07) is 17.2. The number of hydrogen-bond acceptors (Lipinski definition) is 2. The Bertz CT molecular complexity index is 980. The molecule has 138 valence electrons. The Balaban J connectivity index is 1.32. The highest BCUT2D eigenvalue weighted by molar-refractivity contribution is 5.96. The van der Waals surface area contributed by atoms with E-state index in [0.29, 0.717) is 19.5 Å². The molecular weight excluding hydrogens is 340 g/mol. The summed E-state index contributed by atoms with van der Waals surface area (Å²) in [5, 5.41) is 6.91. The van der Waals surface area contributed by atoms with Crippen molar-refractivity contribution in [3.63, 3.8) is 0 Å². The largest absolute Gasteiger partial charge is 0.359 e. The highest BCUT2D eigenvalue weighted by atomic mass is 16.2. The second-order valence-electron chi connectivity index (χ2n) is 6.94. The van der Waals surface area contributed by atoms with Gasteiger partial charge in [-0.05, 0) is 48.2 Å². The van der Waals surface area contributed by atoms with Crippen LogP contribution in [0, 0.1) is 6.92 Å². The maximum atomic E-state index is 12.2. The van der Waals surface area contributed by atoms with Gasteiger partial charge >= 0.3 is 6.03 Å². The number of urea groups is 1. The van der Waals surface area contributed by atoms with Crippen LogP contribution >= 0.6 is 0 Å². The fourth-order valence-corrected chi connectivity index (χ4v) is 3.52. The summed E-state index contributed by atoms with van der Waals surface area (Å²) in [7, 11) is 0. The van der Waals surface area contributed by atoms with Crippen molar-refractivity contribution in [1.29, 1.82) is 0 Å². The number of carbonyl (C=O) groups excluding carboxylic acids is 2. The zero-order valence-electron chi connectivity index (χ0n) is 15.2. The van der Waals surface area contributed by atoms with Gasteiger partial charge in [-0.15, -0.1) is 0 Å². The van der Waals surface area contributed by atoms with E-state index >= 15 is 0 Å². The summed E-state index contributed by atoms with van der Waals surface area (Å²) < 4.78 is 0. The molecule has 2 aromatic carbocycles. The van der Waals surface area contributed by atoms with Crippen LogP contribution in [0.5, 0.6) is 0 Å². The number of aromatic nitrogens is 1. The van der Waals surface area contributed by atoms with Crippen LogP contribution in [0.1, 0.15) is 17.7 Å². The number of nitrogens with one attached hydrogen (secondary N) is 3. The number of amides is 3. The molecule has 1 fully saturated rings. The third kappa shape index (κ3) is 3.79. The third-order valence-electron chi connectivity index (χ3n) is 4.80. The minimum Gasteiger partial charge on any atom is -0.359 e. The number of H-pyrrole nitrogens is 1. The lowest BCUT2D eigenvalue weighted by molar-refractivity contribution is -0.117. The molecule has 3 aromatic rings. The summed E-state index contributed by atoms with van der Waals surface area (Å²) in [6.45, 7) is 2.95. The molecule has 6 heteroatoms. The van der Waals surface area contributed by atoms with Crippen LogP contribution < -0.4 is 15.5 Å². The Morgan fingerprint density at radius 2 is 2.00 bits per heavy atom. The average molecular weight is 362 g/mol. The van der Waals surface area contributed by atoms with E-state index < -0.39 is 0 Å². The van der Waals surface area contributed by atoms with Crippen LogP contribution in [-0.4, -0.2) is 29.5 Å². The molecule has 1 aromatic heterocycles. The number of hydrogen-bond donors (Lipinski definition) is 3. The van der Waals surface area contributed by atoms with Gasteiger partial charge in [0.05, 0.1) is 6.04 Å². The predicted molar refractivity (Wildman–Crippen MR) is 106 cm³/mol. The summed E-state index contributed by atoms with van der Waals surface area (Å²) in [4.78, 5) is 29.5. The number of nitrogens with zero attached hydrogens (tertiary/aromatic N) is 1. The average Bonchev–Trinajstić information content (AvgIpc) is 3.21. The predicted octanol–water partition coefficient (Wildman–Crippen LogP) is 3.08. The van der Waals surface area contributed by atoms with Crippen molar-refractivity contribution in [3.05, 3.63) is 65.9 Å². The van der Waals surface area contributed by atoms with Crippen LogP contribution in [0.4, 0.5) is 10.5 Å². The molecule has 2 heterocycles. The number of carbonyl (C=O) groups is 2. The van der Waals surface area contributed by atoms with E-state index in [4.69, 9.17) is 0 Å². The van der Waals surface area contributed by atoms with E-state index in [9.17, 15) is 9.59 Å². The molecule has 1 aliphatic heterocycles. The summed E-state index contributed by atoms with van der Waals surface area (Å²) >= 11 is 0. The number of fused-ring (bicyclic) bond motifs is 1. The van der Waals surface area contributed by atoms with Gasteiger partial charge in [-0.1, -0.05) is 24.3 Å². The Morgan fingerprint density at radius 1 is 1.19 bits per heavy atom. The SMILES string of the molecule is Cc1cc2cc(CNC(=O)N[C@H]3CC(=O)N(c4ccccc4)C3)ccc2[nH]1. The lowest BCUT2D eigenvalue weighted by atomic mass is 10.1. The van der Waals surface area contributed by atoms with Gasteiger partial charge in [0.2, 0.25) is 5.91 Å². The highest BCUT2D eigenvalue weighted by Crippen LogP contribution is 2.21. The van der Waals surface area contributed by atoms with Crippen molar-refractivity contribution >= 4 is 28.5 Å². The van der Waals surface area contributed by atoms with Crippen LogP contribution in [0.25, 0.3) is 10.9 Å². The summed E-state index contributed by atoms with van der Waals surface area (Å²) in [6.07, 6.45) is 0.316. The maximum Gasteiger partial charge on any atom is 0.315 e. The van der Waals surface area contributed by atoms with Gasteiger partial charge in [0.25, 0.3) is 0 Å². The van der Waals surface area contributed by atoms with E-state index in [0.717, 1.165) is 27.8 Å². The smallest absolute Gasteiger partial charge is 0.315 e. The van der Waals surface area contributed by atoms with Crippen LogP contribution in [0.2, 0.25) is 0 Å². The number of aryl methyl sites for hydroxylation is 1. The second-order valence-corrected chi connectivity index (χ2v) is 6.94. The van der Waals surface area contributed by atoms with Crippen LogP contribution in [0.15, 0.2) is 54.6 Å². The van der Waals surface area contributed by atoms with E-state index in [-0.39, 0.29) is 18.0 Å². The molecule has 1 aliphatic rings. The molecule has 0 saturated carbocycles. The molecule has 4 rings (SSSR count). The van der Waals surface area contributed by atoms with Crippen molar-refractivity contribution in [2.45, 2.75) is 25.9 Å². The zero-order chi connectivity index (χ0) is 18.8. The van der Waals surface area contributed by atoms with Gasteiger partial charge in [0.1, 0.15) is 0 Å². The first-order valence-corrected chi connectivity index (χ1v) is 9.06. The molecule has 0 spiro atoms. The van der Waals surface area contributed by atoms with Gasteiger partial charge in [-0.25, -0.2) is 4.79 Å². The quantitative estimate of drug-likeness (QED) is 0.667. The summed E-state index contributed by atoms with van der Waals surface area (Å²) in [5.41, 5.74) is 4.10. The van der Waals surface area contributed by atoms with Gasteiger partial charge < -0.3 is 20.5 Å². The highest BCUT2D eigenvalue weighted by Gasteiger charge is 2.31. The van der Waals surface area contributed by atoms with Crippen molar-refractivity contribution in [2.75, 3.05) is 11.4 Å². The maximum absolute atomic E-state index is 12.2. The number of benzene rings is 2. The molecule has 27 heavy (non-hydrogen) atoms. The molecule has 0 aliphatic carbocycles. The monoisotopic (exact) mass is 362 g/mol. The van der Waals surface area contributed by atoms with E-state index in [1.54, 1.807) is 4.90 Å². The van der Waals surface area contributed by atoms with Crippen molar-refractivity contribution in [1.82, 2.24) is 15.6 Å². The lowest BCUT2D eigenvalue weighted by Gasteiger charge is -2.17. The fraction of sp³-hybridized carbons (Fsp3) is 0.238. The molecule has 0 bridgehead atoms. The molecular formula is C21H22N4O2. The number of anilines is 1. The second kappa shape index (κ2) is 7.15. The zero-order valence-corrected chi connectivity index (χ0v) is 15.2. The first-order valence-electron chi connectivity index (χ1n) is 9.06. The Hall–Kier alpha value is -3.28. The Labute approximate surface area is 157 Å². The van der Waals surface area contributed by atoms with E-state index in [1.807, 2.05) is 49.4 Å². The van der Waals surface area contributed by atoms with Gasteiger partial charge in [0, 0.05) is 36.4 Å². The number of rotatable bonds is 4. The molecule has 0 radical (unpaired) electrons. The minimum atomic E-state index is -0.256. The standard InChI is InChI=1S/C21H22N4O2/c1-14-9-16-10-15(7-8-19(16)23-14)12-22-21(27)24-17-11-20(26)25(13-17)18-5-3-2-4-6-18/h2-10,17,23H,11-13H2,1H3,(H2,22,24,27)/t17-/m0/s1. The summed E-state index contributed by atoms with van der Waals surface area (Å²) in [5.74, 6) is 0.0276. The fourth-order valence-electron chi connectivity index (χ4n) is 3.52. The molecule has 1 atom stereocenters. The van der Waals surface area contributed by atoms with Crippen molar-refractivity contribution < 1.29 is 9.59 Å². The number of para-hydroxylation sites is 1. The van der Waals surface area contributed by atoms with Crippen LogP contribution in [-0.2, 0) is 11.3 Å². The molecule has 3 N–H and O–H groups in total. The van der Waals surface area contributed by atoms with Gasteiger partial charge in [-0.2, -0.15) is 0 Å². The third-order valence-corrected chi connectivity index (χ3v) is 4.80. The Morgan fingerprint density at radius 3 is 2.81 bits per heavy atom. The first-order chi connectivity index (χ1) is 13.1. The van der Waals surface area contributed by atoms with Gasteiger partial charge in [-0.3, -0.25) is 4.79 Å². The molecule has 6 nitrogen and oxygen atoms in total.